The zero-order valence-corrected chi connectivity index (χ0v) is 7.40. The summed E-state index contributed by atoms with van der Waals surface area (Å²) in [4.78, 5) is 0. The molecule has 0 aromatic carbocycles. The van der Waals surface area contributed by atoms with Gasteiger partial charge in [-0.1, -0.05) is 17.7 Å². The van der Waals surface area contributed by atoms with Crippen molar-refractivity contribution in [3.63, 3.8) is 0 Å². The maximum absolute atomic E-state index is 5.31. The number of hydrogen-bond acceptors (Lipinski definition) is 1. The van der Waals surface area contributed by atoms with Crippen molar-refractivity contribution < 1.29 is 4.74 Å². The molecule has 1 heterocycles. The lowest BCUT2D eigenvalue weighted by atomic mass is 10.6. The number of alkyl halides is 1. The lowest BCUT2D eigenvalue weighted by Crippen LogP contribution is -1.69. The summed E-state index contributed by atoms with van der Waals surface area (Å²) in [6.45, 7) is 13.2. The summed E-state index contributed by atoms with van der Waals surface area (Å²) in [7, 11) is 0. The van der Waals surface area contributed by atoms with Crippen molar-refractivity contribution in [2.75, 3.05) is 0 Å². The van der Waals surface area contributed by atoms with Crippen LogP contribution in [0.15, 0.2) is 25.8 Å². The van der Waals surface area contributed by atoms with Crippen molar-refractivity contribution in [1.29, 1.82) is 0 Å². The first-order chi connectivity index (χ1) is 4.72. The van der Waals surface area contributed by atoms with E-state index < -0.39 is 0 Å². The molecule has 0 bridgehead atoms. The number of hydrogen-bond donors (Lipinski definition) is 0. The molecule has 0 N–H and O–H groups in total. The molecular weight excluding hydrogens is 148 g/mol. The minimum atomic E-state index is 0.0231. The first-order valence-corrected chi connectivity index (χ1v) is 3.52. The fraction of sp³-hybridized carbons (Fsp3) is 0.500. The fourth-order valence-corrected chi connectivity index (χ4v) is 0.322. The summed E-state index contributed by atoms with van der Waals surface area (Å²) in [5.74, 6) is 0. The van der Waals surface area contributed by atoms with Crippen LogP contribution in [0.2, 0.25) is 0 Å². The van der Waals surface area contributed by atoms with E-state index in [1.54, 1.807) is 6.08 Å². The molecule has 2 unspecified atom stereocenters. The second kappa shape index (κ2) is 8.73. The number of allylic oxidation sites excluding steroid dienone is 1. The Labute approximate surface area is 68.3 Å². The molecule has 0 aromatic rings. The van der Waals surface area contributed by atoms with Gasteiger partial charge in [-0.25, -0.2) is 0 Å². The average Bonchev–Trinajstić information content (AvgIpc) is 2.53. The molecule has 0 saturated carbocycles. The maximum Gasteiger partial charge on any atom is 0.157 e. The molecule has 0 aromatic heterocycles. The van der Waals surface area contributed by atoms with Gasteiger partial charge in [0.2, 0.25) is 0 Å². The van der Waals surface area contributed by atoms with Crippen molar-refractivity contribution >= 4 is 11.6 Å². The standard InChI is InChI=1S/C3H5ClO.C3H6.C2H4/c1-2-3(4)5-2;1-3-2;1-2/h2-3H,1H3;3H,1H2,2H3;1-2H2. The second-order valence-corrected chi connectivity index (χ2v) is 2.03. The van der Waals surface area contributed by atoms with E-state index in [4.69, 9.17) is 11.6 Å². The van der Waals surface area contributed by atoms with Gasteiger partial charge < -0.3 is 4.74 Å². The van der Waals surface area contributed by atoms with Crippen LogP contribution in [-0.2, 0) is 4.74 Å². The van der Waals surface area contributed by atoms with Crippen molar-refractivity contribution in [3.05, 3.63) is 25.8 Å². The van der Waals surface area contributed by atoms with Crippen LogP contribution in [0, 0.1) is 0 Å². The molecule has 60 valence electrons. The highest BCUT2D eigenvalue weighted by atomic mass is 35.5. The molecule has 0 aliphatic carbocycles. The van der Waals surface area contributed by atoms with Crippen LogP contribution in [0.3, 0.4) is 0 Å². The molecule has 0 spiro atoms. The highest BCUT2D eigenvalue weighted by Gasteiger charge is 2.30. The van der Waals surface area contributed by atoms with Gasteiger partial charge in [0.05, 0.1) is 6.10 Å². The predicted octanol–water partition coefficient (Wildman–Crippen LogP) is 2.96. The highest BCUT2D eigenvalue weighted by molar-refractivity contribution is 6.21. The van der Waals surface area contributed by atoms with E-state index in [1.165, 1.54) is 0 Å². The summed E-state index contributed by atoms with van der Waals surface area (Å²) in [5, 5.41) is 0. The summed E-state index contributed by atoms with van der Waals surface area (Å²) in [6, 6.07) is 0. The van der Waals surface area contributed by atoms with E-state index in [0.717, 1.165) is 0 Å². The average molecular weight is 163 g/mol. The van der Waals surface area contributed by atoms with Crippen LogP contribution in [0.25, 0.3) is 0 Å². The van der Waals surface area contributed by atoms with E-state index in [2.05, 4.69) is 24.5 Å². The van der Waals surface area contributed by atoms with Crippen LogP contribution < -0.4 is 0 Å². The highest BCUT2D eigenvalue weighted by Crippen LogP contribution is 2.23. The van der Waals surface area contributed by atoms with Gasteiger partial charge >= 0.3 is 0 Å². The number of ether oxygens (including phenoxy) is 1. The summed E-state index contributed by atoms with van der Waals surface area (Å²) in [6.07, 6.45) is 2.07. The molecule has 2 heteroatoms. The van der Waals surface area contributed by atoms with Gasteiger partial charge in [-0.15, -0.1) is 19.7 Å². The summed E-state index contributed by atoms with van der Waals surface area (Å²) >= 11 is 5.31. The van der Waals surface area contributed by atoms with Gasteiger partial charge in [0, 0.05) is 0 Å². The van der Waals surface area contributed by atoms with Crippen LogP contribution in [0.5, 0.6) is 0 Å². The molecule has 1 nitrogen and oxygen atoms in total. The van der Waals surface area contributed by atoms with E-state index in [-0.39, 0.29) is 5.56 Å². The Morgan fingerprint density at radius 1 is 1.50 bits per heavy atom. The smallest absolute Gasteiger partial charge is 0.157 e. The SMILES string of the molecule is C=C.C=CC.CC1OC1Cl. The Hall–Kier alpha value is -0.270. The molecule has 1 fully saturated rings. The van der Waals surface area contributed by atoms with Crippen LogP contribution in [0.1, 0.15) is 13.8 Å². The topological polar surface area (TPSA) is 12.5 Å². The van der Waals surface area contributed by atoms with Crippen LogP contribution >= 0.6 is 11.6 Å². The number of halogens is 1. The molecule has 1 rings (SSSR count). The van der Waals surface area contributed by atoms with E-state index in [0.29, 0.717) is 6.10 Å². The Morgan fingerprint density at radius 2 is 1.60 bits per heavy atom. The van der Waals surface area contributed by atoms with Gasteiger partial charge in [0.15, 0.2) is 5.56 Å². The van der Waals surface area contributed by atoms with Gasteiger partial charge in [0.25, 0.3) is 0 Å². The molecular formula is C8H15ClO. The van der Waals surface area contributed by atoms with E-state index >= 15 is 0 Å². The third-order valence-corrected chi connectivity index (χ3v) is 1.09. The zero-order valence-electron chi connectivity index (χ0n) is 6.64. The minimum Gasteiger partial charge on any atom is -0.353 e. The van der Waals surface area contributed by atoms with E-state index in [9.17, 15) is 0 Å². The van der Waals surface area contributed by atoms with Gasteiger partial charge in [-0.2, -0.15) is 0 Å². The number of rotatable bonds is 0. The van der Waals surface area contributed by atoms with Crippen molar-refractivity contribution in [3.8, 4) is 0 Å². The van der Waals surface area contributed by atoms with Crippen LogP contribution in [-0.4, -0.2) is 11.7 Å². The monoisotopic (exact) mass is 162 g/mol. The Bertz CT molecular complexity index is 77.3. The van der Waals surface area contributed by atoms with Gasteiger partial charge in [-0.05, 0) is 13.8 Å². The van der Waals surface area contributed by atoms with Crippen molar-refractivity contribution in [2.24, 2.45) is 0 Å². The minimum absolute atomic E-state index is 0.0231. The fourth-order valence-electron chi connectivity index (χ4n) is 0.160. The molecule has 1 saturated heterocycles. The normalized spacial score (nSPS) is 26.3. The van der Waals surface area contributed by atoms with Gasteiger partial charge in [0.1, 0.15) is 0 Å². The first-order valence-electron chi connectivity index (χ1n) is 3.09. The van der Waals surface area contributed by atoms with Crippen LogP contribution in [0.4, 0.5) is 0 Å². The quantitative estimate of drug-likeness (QED) is 0.303. The Balaban J connectivity index is 0. The lowest BCUT2D eigenvalue weighted by Gasteiger charge is -1.55. The molecule has 0 radical (unpaired) electrons. The Morgan fingerprint density at radius 3 is 1.60 bits per heavy atom. The summed E-state index contributed by atoms with van der Waals surface area (Å²) in [5.41, 5.74) is 0.0231. The zero-order chi connectivity index (χ0) is 8.57. The molecule has 10 heavy (non-hydrogen) atoms. The Kier molecular flexibility index (Phi) is 10.8. The van der Waals surface area contributed by atoms with Crippen molar-refractivity contribution in [2.45, 2.75) is 25.5 Å². The largest absolute Gasteiger partial charge is 0.353 e. The summed E-state index contributed by atoms with van der Waals surface area (Å²) < 4.78 is 4.68. The van der Waals surface area contributed by atoms with Crippen molar-refractivity contribution in [1.82, 2.24) is 0 Å². The number of epoxide rings is 1. The second-order valence-electron chi connectivity index (χ2n) is 1.60. The third kappa shape index (κ3) is 10.7. The molecule has 2 atom stereocenters. The molecule has 1 aliphatic heterocycles. The molecule has 0 amide bonds. The molecule has 1 aliphatic rings. The van der Waals surface area contributed by atoms with E-state index in [1.807, 2.05) is 13.8 Å². The predicted molar refractivity (Wildman–Crippen MR) is 47.3 cm³/mol. The third-order valence-electron chi connectivity index (χ3n) is 0.637. The van der Waals surface area contributed by atoms with Gasteiger partial charge in [-0.3, -0.25) is 0 Å². The lowest BCUT2D eigenvalue weighted by molar-refractivity contribution is 0.411. The maximum atomic E-state index is 5.31. The first kappa shape index (κ1) is 12.4.